The maximum atomic E-state index is 12.2. The number of rotatable bonds is 4. The average Bonchev–Trinajstić information content (AvgIpc) is 3.01. The molecule has 0 atom stereocenters. The Morgan fingerprint density at radius 3 is 2.73 bits per heavy atom. The normalized spacial score (nSPS) is 11.1. The second-order valence-corrected chi connectivity index (χ2v) is 7.48. The Bertz CT molecular complexity index is 1190. The monoisotopic (exact) mass is 383 g/mol. The first-order valence-corrected chi connectivity index (χ1v) is 9.19. The molecule has 0 aliphatic carbocycles. The van der Waals surface area contributed by atoms with Crippen molar-refractivity contribution in [2.45, 2.75) is 13.0 Å². The van der Waals surface area contributed by atoms with E-state index in [9.17, 15) is 9.59 Å². The highest BCUT2D eigenvalue weighted by molar-refractivity contribution is 7.18. The van der Waals surface area contributed by atoms with Crippen LogP contribution in [-0.4, -0.2) is 14.5 Å². The number of halogens is 1. The van der Waals surface area contributed by atoms with Crippen molar-refractivity contribution in [2.75, 3.05) is 0 Å². The summed E-state index contributed by atoms with van der Waals surface area (Å²) in [5.41, 5.74) is 1.56. The van der Waals surface area contributed by atoms with Crippen LogP contribution in [0.25, 0.3) is 10.2 Å². The van der Waals surface area contributed by atoms with E-state index in [1.807, 2.05) is 42.5 Å². The second-order valence-electron chi connectivity index (χ2n) is 5.92. The number of benzene rings is 2. The van der Waals surface area contributed by atoms with E-state index in [4.69, 9.17) is 11.6 Å². The summed E-state index contributed by atoms with van der Waals surface area (Å²) in [5, 5.41) is 1.41. The minimum atomic E-state index is -0.441. The summed E-state index contributed by atoms with van der Waals surface area (Å²) < 4.78 is 2.49. The van der Waals surface area contributed by atoms with Gasteiger partial charge in [-0.15, -0.1) is 11.3 Å². The van der Waals surface area contributed by atoms with E-state index in [1.54, 1.807) is 12.3 Å². The minimum absolute atomic E-state index is 0.300. The summed E-state index contributed by atoms with van der Waals surface area (Å²) in [7, 11) is 0. The zero-order valence-electron chi connectivity index (χ0n) is 13.6. The fourth-order valence-corrected chi connectivity index (χ4v) is 3.89. The lowest BCUT2D eigenvalue weighted by Crippen LogP contribution is -2.32. The van der Waals surface area contributed by atoms with E-state index in [0.717, 1.165) is 20.8 Å². The summed E-state index contributed by atoms with van der Waals surface area (Å²) >= 11 is 7.50. The molecule has 1 N–H and O–H groups in total. The fraction of sp³-hybridized carbons (Fsp3) is 0.105. The first-order valence-electron chi connectivity index (χ1n) is 8.00. The van der Waals surface area contributed by atoms with Crippen LogP contribution in [0.15, 0.2) is 64.3 Å². The van der Waals surface area contributed by atoms with Gasteiger partial charge in [0.1, 0.15) is 5.01 Å². The number of nitrogens with one attached hydrogen (secondary N) is 1. The third-order valence-corrected chi connectivity index (χ3v) is 5.28. The first kappa shape index (κ1) is 16.8. The predicted molar refractivity (Wildman–Crippen MR) is 104 cm³/mol. The molecule has 2 aromatic heterocycles. The fourth-order valence-electron chi connectivity index (χ4n) is 2.78. The number of hydrogen-bond acceptors (Lipinski definition) is 4. The number of fused-ring (bicyclic) bond motifs is 1. The van der Waals surface area contributed by atoms with Gasteiger partial charge in [-0.3, -0.25) is 14.3 Å². The lowest BCUT2D eigenvalue weighted by Gasteiger charge is -2.06. The average molecular weight is 384 g/mol. The van der Waals surface area contributed by atoms with E-state index in [2.05, 4.69) is 9.97 Å². The maximum absolute atomic E-state index is 12.2. The summed E-state index contributed by atoms with van der Waals surface area (Å²) in [4.78, 5) is 31.2. The van der Waals surface area contributed by atoms with Gasteiger partial charge in [-0.05, 0) is 23.8 Å². The topological polar surface area (TPSA) is 67.8 Å². The first-order chi connectivity index (χ1) is 12.6. The molecule has 0 saturated carbocycles. The van der Waals surface area contributed by atoms with Crippen molar-refractivity contribution in [1.29, 1.82) is 0 Å². The van der Waals surface area contributed by atoms with Crippen LogP contribution in [0, 0.1) is 0 Å². The van der Waals surface area contributed by atoms with Gasteiger partial charge in [0.25, 0.3) is 5.56 Å². The van der Waals surface area contributed by atoms with Gasteiger partial charge in [-0.25, -0.2) is 9.78 Å². The van der Waals surface area contributed by atoms with Crippen molar-refractivity contribution in [2.24, 2.45) is 0 Å². The molecule has 0 unspecified atom stereocenters. The number of aromatic nitrogens is 3. The zero-order chi connectivity index (χ0) is 18.1. The molecule has 0 amide bonds. The summed E-state index contributed by atoms with van der Waals surface area (Å²) in [5.74, 6) is 0. The van der Waals surface area contributed by atoms with E-state index < -0.39 is 5.69 Å². The molecule has 2 aromatic carbocycles. The van der Waals surface area contributed by atoms with Gasteiger partial charge < -0.3 is 0 Å². The van der Waals surface area contributed by atoms with Crippen LogP contribution in [-0.2, 0) is 13.0 Å². The zero-order valence-corrected chi connectivity index (χ0v) is 15.2. The van der Waals surface area contributed by atoms with Crippen molar-refractivity contribution < 1.29 is 0 Å². The summed E-state index contributed by atoms with van der Waals surface area (Å²) in [6.45, 7) is 0.300. The van der Waals surface area contributed by atoms with Crippen LogP contribution in [0.2, 0.25) is 5.02 Å². The van der Waals surface area contributed by atoms with E-state index in [1.165, 1.54) is 15.9 Å². The van der Waals surface area contributed by atoms with Gasteiger partial charge in [0, 0.05) is 23.2 Å². The van der Waals surface area contributed by atoms with Crippen molar-refractivity contribution in [1.82, 2.24) is 14.5 Å². The Labute approximate surface area is 157 Å². The molecule has 26 heavy (non-hydrogen) atoms. The molecule has 4 rings (SSSR count). The Hall–Kier alpha value is -2.70. The smallest absolute Gasteiger partial charge is 0.293 e. The Morgan fingerprint density at radius 1 is 1.12 bits per heavy atom. The molecule has 0 radical (unpaired) electrons. The molecule has 0 bridgehead atoms. The molecule has 7 heteroatoms. The van der Waals surface area contributed by atoms with E-state index >= 15 is 0 Å². The lowest BCUT2D eigenvalue weighted by molar-refractivity contribution is 0.707. The largest absolute Gasteiger partial charge is 0.328 e. The number of nitrogens with zero attached hydrogens (tertiary/aromatic N) is 2. The van der Waals surface area contributed by atoms with Gasteiger partial charge in [0.15, 0.2) is 0 Å². The van der Waals surface area contributed by atoms with Gasteiger partial charge >= 0.3 is 5.69 Å². The highest BCUT2D eigenvalue weighted by Gasteiger charge is 2.09. The molecule has 0 aliphatic heterocycles. The second kappa shape index (κ2) is 6.90. The molecule has 130 valence electrons. The predicted octanol–water partition coefficient (Wildman–Crippen LogP) is 3.44. The Kier molecular flexibility index (Phi) is 4.44. The van der Waals surface area contributed by atoms with Crippen molar-refractivity contribution in [3.05, 3.63) is 96.7 Å². The standard InChI is InChI=1S/C19H14ClN3O2S/c20-14-6-7-16-15(9-14)21-17(26-16)11-23-10-13(18(24)22-19(23)25)8-12-4-2-1-3-5-12/h1-7,9-10H,8,11H2,(H,22,24,25). The number of aromatic amines is 1. The lowest BCUT2D eigenvalue weighted by atomic mass is 10.1. The third kappa shape index (κ3) is 3.47. The molecule has 0 aliphatic rings. The molecular weight excluding hydrogens is 370 g/mol. The van der Waals surface area contributed by atoms with Crippen LogP contribution in [0.3, 0.4) is 0 Å². The molecular formula is C19H14ClN3O2S. The van der Waals surface area contributed by atoms with Crippen LogP contribution >= 0.6 is 22.9 Å². The van der Waals surface area contributed by atoms with Crippen LogP contribution < -0.4 is 11.2 Å². The number of thiazole rings is 1. The van der Waals surface area contributed by atoms with Crippen molar-refractivity contribution in [3.8, 4) is 0 Å². The van der Waals surface area contributed by atoms with Gasteiger partial charge in [0.2, 0.25) is 0 Å². The minimum Gasteiger partial charge on any atom is -0.293 e. The quantitative estimate of drug-likeness (QED) is 0.587. The van der Waals surface area contributed by atoms with Gasteiger partial charge in [-0.1, -0.05) is 41.9 Å². The van der Waals surface area contributed by atoms with Crippen LogP contribution in [0.5, 0.6) is 0 Å². The van der Waals surface area contributed by atoms with Crippen LogP contribution in [0.1, 0.15) is 16.1 Å². The molecule has 0 fully saturated rings. The molecule has 0 saturated heterocycles. The van der Waals surface area contributed by atoms with Crippen LogP contribution in [0.4, 0.5) is 0 Å². The van der Waals surface area contributed by atoms with E-state index in [0.29, 0.717) is 23.6 Å². The highest BCUT2D eigenvalue weighted by atomic mass is 35.5. The SMILES string of the molecule is O=c1[nH]c(=O)n(Cc2nc3cc(Cl)ccc3s2)cc1Cc1ccccc1. The van der Waals surface area contributed by atoms with E-state index in [-0.39, 0.29) is 5.56 Å². The number of hydrogen-bond donors (Lipinski definition) is 1. The third-order valence-electron chi connectivity index (χ3n) is 4.02. The summed E-state index contributed by atoms with van der Waals surface area (Å²) in [6.07, 6.45) is 2.08. The van der Waals surface area contributed by atoms with Crippen molar-refractivity contribution in [3.63, 3.8) is 0 Å². The highest BCUT2D eigenvalue weighted by Crippen LogP contribution is 2.25. The summed E-state index contributed by atoms with van der Waals surface area (Å²) in [6, 6.07) is 15.2. The molecule has 0 spiro atoms. The maximum Gasteiger partial charge on any atom is 0.328 e. The van der Waals surface area contributed by atoms with Crippen molar-refractivity contribution >= 4 is 33.2 Å². The Balaban J connectivity index is 1.68. The number of H-pyrrole nitrogens is 1. The van der Waals surface area contributed by atoms with Gasteiger partial charge in [0.05, 0.1) is 16.8 Å². The van der Waals surface area contributed by atoms with Gasteiger partial charge in [-0.2, -0.15) is 0 Å². The molecule has 4 aromatic rings. The molecule has 2 heterocycles. The Morgan fingerprint density at radius 2 is 1.92 bits per heavy atom. The molecule has 5 nitrogen and oxygen atoms in total.